The molecule has 2 aromatic carbocycles. The Kier molecular flexibility index (Phi) is 6.21. The first-order chi connectivity index (χ1) is 8.65. The van der Waals surface area contributed by atoms with Crippen molar-refractivity contribution in [3.05, 3.63) is 70.8 Å². The van der Waals surface area contributed by atoms with Crippen LogP contribution in [-0.2, 0) is 12.8 Å². The lowest BCUT2D eigenvalue weighted by atomic mass is 10.1. The molecule has 0 aliphatic carbocycles. The molecule has 0 fully saturated rings. The summed E-state index contributed by atoms with van der Waals surface area (Å²) < 4.78 is 0. The summed E-state index contributed by atoms with van der Waals surface area (Å²) in [5.41, 5.74) is 5.56. The van der Waals surface area contributed by atoms with Crippen LogP contribution in [0.1, 0.15) is 36.1 Å². The van der Waals surface area contributed by atoms with Gasteiger partial charge in [-0.25, -0.2) is 0 Å². The van der Waals surface area contributed by atoms with E-state index in [2.05, 4.69) is 76.2 Å². The Morgan fingerprint density at radius 2 is 1.11 bits per heavy atom. The van der Waals surface area contributed by atoms with Crippen LogP contribution in [0.5, 0.6) is 0 Å². The van der Waals surface area contributed by atoms with E-state index in [-0.39, 0.29) is 0 Å². The van der Waals surface area contributed by atoms with E-state index in [1.165, 1.54) is 22.3 Å². The largest absolute Gasteiger partial charge is 0.0617 e. The Hall–Kier alpha value is -1.56. The number of aryl methyl sites for hydroxylation is 4. The zero-order valence-corrected chi connectivity index (χ0v) is 12.0. The third kappa shape index (κ3) is 5.18. The van der Waals surface area contributed by atoms with Crippen LogP contribution < -0.4 is 0 Å². The molecule has 0 unspecified atom stereocenters. The lowest BCUT2D eigenvalue weighted by molar-refractivity contribution is 1.09. The van der Waals surface area contributed by atoms with Gasteiger partial charge in [0, 0.05) is 0 Å². The van der Waals surface area contributed by atoms with E-state index < -0.39 is 0 Å². The van der Waals surface area contributed by atoms with Crippen molar-refractivity contribution in [1.29, 1.82) is 0 Å². The molecule has 0 heterocycles. The van der Waals surface area contributed by atoms with E-state index in [0.717, 1.165) is 12.8 Å². The molecule has 0 atom stereocenters. The highest BCUT2D eigenvalue weighted by atomic mass is 14.0. The summed E-state index contributed by atoms with van der Waals surface area (Å²) in [5, 5.41) is 0. The van der Waals surface area contributed by atoms with Crippen molar-refractivity contribution in [1.82, 2.24) is 0 Å². The summed E-state index contributed by atoms with van der Waals surface area (Å²) in [6, 6.07) is 17.2. The molecule has 0 aromatic heterocycles. The molecule has 0 amide bonds. The van der Waals surface area contributed by atoms with Gasteiger partial charge in [0.1, 0.15) is 0 Å². The summed E-state index contributed by atoms with van der Waals surface area (Å²) in [7, 11) is 0. The highest BCUT2D eigenvalue weighted by molar-refractivity contribution is 5.23. The number of hydrogen-bond donors (Lipinski definition) is 0. The van der Waals surface area contributed by atoms with Gasteiger partial charge >= 0.3 is 0 Å². The van der Waals surface area contributed by atoms with Crippen LogP contribution in [-0.4, -0.2) is 0 Å². The van der Waals surface area contributed by atoms with Crippen LogP contribution in [0.15, 0.2) is 48.5 Å². The molecule has 0 nitrogen and oxygen atoms in total. The van der Waals surface area contributed by atoms with E-state index in [0.29, 0.717) is 0 Å². The molecule has 18 heavy (non-hydrogen) atoms. The van der Waals surface area contributed by atoms with Gasteiger partial charge in [0.2, 0.25) is 0 Å². The van der Waals surface area contributed by atoms with E-state index in [1.807, 2.05) is 0 Å². The van der Waals surface area contributed by atoms with Crippen LogP contribution in [0.4, 0.5) is 0 Å². The Morgan fingerprint density at radius 3 is 1.44 bits per heavy atom. The average Bonchev–Trinajstić information content (AvgIpc) is 2.39. The summed E-state index contributed by atoms with van der Waals surface area (Å²) in [5.74, 6) is 0. The second kappa shape index (κ2) is 7.71. The molecule has 2 rings (SSSR count). The third-order valence-corrected chi connectivity index (χ3v) is 2.98. The van der Waals surface area contributed by atoms with Crippen LogP contribution in [0.3, 0.4) is 0 Å². The van der Waals surface area contributed by atoms with Crippen molar-refractivity contribution < 1.29 is 0 Å². The minimum absolute atomic E-state index is 1.15. The molecule has 96 valence electrons. The van der Waals surface area contributed by atoms with E-state index in [4.69, 9.17) is 0 Å². The number of hydrogen-bond acceptors (Lipinski definition) is 0. The van der Waals surface area contributed by atoms with E-state index in [9.17, 15) is 0 Å². The predicted octanol–water partition coefficient (Wildman–Crippen LogP) is 5.11. The van der Waals surface area contributed by atoms with Crippen LogP contribution in [0, 0.1) is 13.8 Å². The van der Waals surface area contributed by atoms with Gasteiger partial charge < -0.3 is 0 Å². The molecule has 0 aliphatic rings. The first-order valence-corrected chi connectivity index (χ1v) is 6.76. The fourth-order valence-corrected chi connectivity index (χ4v) is 1.88. The molecule has 0 spiro atoms. The molecule has 0 bridgehead atoms. The van der Waals surface area contributed by atoms with Crippen molar-refractivity contribution in [3.8, 4) is 0 Å². The summed E-state index contributed by atoms with van der Waals surface area (Å²) in [6.45, 7) is 8.59. The van der Waals surface area contributed by atoms with Gasteiger partial charge in [-0.15, -0.1) is 0 Å². The average molecular weight is 240 g/mol. The van der Waals surface area contributed by atoms with Crippen molar-refractivity contribution in [3.63, 3.8) is 0 Å². The minimum atomic E-state index is 1.15. The van der Waals surface area contributed by atoms with Crippen LogP contribution >= 0.6 is 0 Å². The van der Waals surface area contributed by atoms with Gasteiger partial charge in [0.25, 0.3) is 0 Å². The van der Waals surface area contributed by atoms with Gasteiger partial charge in [0.15, 0.2) is 0 Å². The molecule has 0 saturated heterocycles. The van der Waals surface area contributed by atoms with Crippen molar-refractivity contribution in [2.45, 2.75) is 40.5 Å². The quantitative estimate of drug-likeness (QED) is 0.684. The molecule has 0 N–H and O–H groups in total. The summed E-state index contributed by atoms with van der Waals surface area (Å²) >= 11 is 0. The van der Waals surface area contributed by atoms with Gasteiger partial charge in [-0.1, -0.05) is 73.5 Å². The van der Waals surface area contributed by atoms with Crippen molar-refractivity contribution >= 4 is 0 Å². The fraction of sp³-hybridized carbons (Fsp3) is 0.333. The monoisotopic (exact) mass is 240 g/mol. The molecule has 0 radical (unpaired) electrons. The Bertz CT molecular complexity index is 432. The first-order valence-electron chi connectivity index (χ1n) is 6.76. The molecule has 2 aromatic rings. The van der Waals surface area contributed by atoms with Gasteiger partial charge in [-0.2, -0.15) is 0 Å². The van der Waals surface area contributed by atoms with Crippen molar-refractivity contribution in [2.24, 2.45) is 0 Å². The predicted molar refractivity (Wildman–Crippen MR) is 81.1 cm³/mol. The molecular formula is C18H24. The second-order valence-corrected chi connectivity index (χ2v) is 4.69. The molecule has 0 aliphatic heterocycles. The fourth-order valence-electron chi connectivity index (χ4n) is 1.88. The Labute approximate surface area is 112 Å². The summed E-state index contributed by atoms with van der Waals surface area (Å²) in [4.78, 5) is 0. The van der Waals surface area contributed by atoms with Gasteiger partial charge in [0.05, 0.1) is 0 Å². The highest BCUT2D eigenvalue weighted by Gasteiger charge is 1.89. The zero-order valence-electron chi connectivity index (χ0n) is 12.0. The maximum atomic E-state index is 2.28. The standard InChI is InChI=1S/C10H14.C8H10/c1-3-9-6-5-7-10(4-2)8-9;1-7-4-3-5-8(2)6-7/h5-8H,3-4H2,1-2H3;3-6H,1-2H3. The van der Waals surface area contributed by atoms with Gasteiger partial charge in [-0.3, -0.25) is 0 Å². The lowest BCUT2D eigenvalue weighted by Gasteiger charge is -1.98. The molecule has 0 saturated carbocycles. The van der Waals surface area contributed by atoms with Crippen molar-refractivity contribution in [2.75, 3.05) is 0 Å². The van der Waals surface area contributed by atoms with Gasteiger partial charge in [-0.05, 0) is 37.8 Å². The maximum Gasteiger partial charge on any atom is -0.0307 e. The summed E-state index contributed by atoms with van der Waals surface area (Å²) in [6.07, 6.45) is 2.29. The molecular weight excluding hydrogens is 216 g/mol. The minimum Gasteiger partial charge on any atom is -0.0617 e. The maximum absolute atomic E-state index is 2.28. The Balaban J connectivity index is 0.000000184. The lowest BCUT2D eigenvalue weighted by Crippen LogP contribution is -1.83. The smallest absolute Gasteiger partial charge is 0.0307 e. The first kappa shape index (κ1) is 14.5. The molecule has 0 heteroatoms. The third-order valence-electron chi connectivity index (χ3n) is 2.98. The van der Waals surface area contributed by atoms with Crippen LogP contribution in [0.25, 0.3) is 0 Å². The number of rotatable bonds is 2. The Morgan fingerprint density at radius 1 is 0.667 bits per heavy atom. The second-order valence-electron chi connectivity index (χ2n) is 4.69. The van der Waals surface area contributed by atoms with E-state index in [1.54, 1.807) is 0 Å². The normalized spacial score (nSPS) is 9.56. The topological polar surface area (TPSA) is 0 Å². The van der Waals surface area contributed by atoms with Crippen LogP contribution in [0.2, 0.25) is 0 Å². The number of benzene rings is 2. The van der Waals surface area contributed by atoms with E-state index >= 15 is 0 Å². The highest BCUT2D eigenvalue weighted by Crippen LogP contribution is 2.05. The SMILES string of the molecule is CCc1cccc(CC)c1.Cc1cccc(C)c1. The zero-order chi connectivity index (χ0) is 13.4.